The van der Waals surface area contributed by atoms with E-state index in [-0.39, 0.29) is 30.2 Å². The average Bonchev–Trinajstić information content (AvgIpc) is 3.54. The van der Waals surface area contributed by atoms with E-state index >= 15 is 0 Å². The van der Waals surface area contributed by atoms with Gasteiger partial charge in [0.25, 0.3) is 0 Å². The summed E-state index contributed by atoms with van der Waals surface area (Å²) in [7, 11) is 1.47. The number of amides is 1. The Balaban J connectivity index is 1.51. The first-order valence-corrected chi connectivity index (χ1v) is 12.6. The number of carboxylic acids is 1. The first-order chi connectivity index (χ1) is 18.9. The minimum absolute atomic E-state index is 0.0327. The number of carboxylic acid groups (broad SMARTS) is 1. The molecule has 1 aliphatic heterocycles. The molecule has 3 heterocycles. The van der Waals surface area contributed by atoms with Crippen molar-refractivity contribution in [3.8, 4) is 11.3 Å². The van der Waals surface area contributed by atoms with Gasteiger partial charge in [0.1, 0.15) is 24.2 Å². The van der Waals surface area contributed by atoms with Gasteiger partial charge in [-0.05, 0) is 85.4 Å². The van der Waals surface area contributed by atoms with E-state index in [2.05, 4.69) is 15.6 Å². The molecule has 2 atom stereocenters. The summed E-state index contributed by atoms with van der Waals surface area (Å²) in [4.78, 5) is 29.8. The van der Waals surface area contributed by atoms with Crippen LogP contribution in [0.3, 0.4) is 0 Å². The summed E-state index contributed by atoms with van der Waals surface area (Å²) in [5.74, 6) is 0.0559. The number of aromatic carboxylic acids is 1. The number of anilines is 2. The first kappa shape index (κ1) is 26.1. The minimum Gasteiger partial charge on any atom is -0.478 e. The second-order valence-electron chi connectivity index (χ2n) is 9.06. The van der Waals surface area contributed by atoms with Gasteiger partial charge in [-0.3, -0.25) is 9.78 Å². The number of rotatable bonds is 8. The molecule has 39 heavy (non-hydrogen) atoms. The van der Waals surface area contributed by atoms with Gasteiger partial charge in [0.2, 0.25) is 5.91 Å². The highest BCUT2D eigenvalue weighted by atomic mass is 32.1. The van der Waals surface area contributed by atoms with Crippen LogP contribution in [0.25, 0.3) is 11.3 Å². The fraction of sp³-hybridized carbons (Fsp3) is 0.172. The summed E-state index contributed by atoms with van der Waals surface area (Å²) in [5, 5.41) is 16.0. The molecule has 1 fully saturated rings. The predicted molar refractivity (Wildman–Crippen MR) is 151 cm³/mol. The van der Waals surface area contributed by atoms with Gasteiger partial charge in [0.15, 0.2) is 5.11 Å². The highest BCUT2D eigenvalue weighted by molar-refractivity contribution is 7.80. The standard InChI is InChI=1S/C29H26N4O5S/c1-17-15-18(28(35)36)6-11-21(17)23-12-13-24(38-23)27-26(22-5-3-4-14-30-22)32-29(39)33(27)20-9-7-19(8-10-20)31-25(34)16-37-2/h3-15,26-27H,16H2,1-2H3,(H,31,34)(H,32,39)(H,35,36)/t26-,27+/m0/s1. The normalized spacial score (nSPS) is 16.7. The molecule has 0 radical (unpaired) electrons. The number of benzene rings is 2. The molecule has 1 amide bonds. The molecule has 4 aromatic rings. The molecular formula is C29H26N4O5S. The van der Waals surface area contributed by atoms with E-state index in [9.17, 15) is 14.7 Å². The molecule has 5 rings (SSSR count). The molecule has 3 N–H and O–H groups in total. The number of pyridine rings is 1. The summed E-state index contributed by atoms with van der Waals surface area (Å²) in [6, 6.07) is 21.1. The zero-order chi connectivity index (χ0) is 27.5. The van der Waals surface area contributed by atoms with Crippen LogP contribution in [-0.4, -0.2) is 40.8 Å². The number of hydrogen-bond donors (Lipinski definition) is 3. The number of nitrogens with zero attached hydrogens (tertiary/aromatic N) is 2. The van der Waals surface area contributed by atoms with Gasteiger partial charge in [0.05, 0.1) is 17.3 Å². The minimum atomic E-state index is -0.978. The maximum Gasteiger partial charge on any atom is 0.335 e. The summed E-state index contributed by atoms with van der Waals surface area (Å²) in [6.45, 7) is 1.82. The highest BCUT2D eigenvalue weighted by Gasteiger charge is 2.42. The van der Waals surface area contributed by atoms with Crippen molar-refractivity contribution >= 4 is 40.6 Å². The van der Waals surface area contributed by atoms with Crippen LogP contribution in [0.15, 0.2) is 83.4 Å². The van der Waals surface area contributed by atoms with Crippen molar-refractivity contribution in [2.24, 2.45) is 0 Å². The molecule has 0 saturated carbocycles. The van der Waals surface area contributed by atoms with Crippen molar-refractivity contribution in [3.63, 3.8) is 0 Å². The molecule has 1 aliphatic rings. The van der Waals surface area contributed by atoms with Crippen molar-refractivity contribution in [1.29, 1.82) is 0 Å². The maximum atomic E-state index is 11.9. The number of aromatic nitrogens is 1. The third-order valence-corrected chi connectivity index (χ3v) is 6.77. The van der Waals surface area contributed by atoms with Crippen LogP contribution in [0.5, 0.6) is 0 Å². The molecule has 2 aromatic carbocycles. The monoisotopic (exact) mass is 542 g/mol. The SMILES string of the molecule is COCC(=O)Nc1ccc(N2C(=S)N[C@@H](c3ccccn3)[C@H]2c2ccc(-c3ccc(C(=O)O)cc3C)o2)cc1. The van der Waals surface area contributed by atoms with E-state index in [1.807, 2.05) is 54.3 Å². The van der Waals surface area contributed by atoms with Crippen molar-refractivity contribution in [2.75, 3.05) is 23.9 Å². The lowest BCUT2D eigenvalue weighted by Crippen LogP contribution is -2.29. The van der Waals surface area contributed by atoms with E-state index in [1.54, 1.807) is 36.5 Å². The Morgan fingerprint density at radius 3 is 2.59 bits per heavy atom. The number of methoxy groups -OCH3 is 1. The van der Waals surface area contributed by atoms with Crippen LogP contribution in [0.1, 0.15) is 39.5 Å². The maximum absolute atomic E-state index is 11.9. The van der Waals surface area contributed by atoms with Crippen molar-refractivity contribution in [1.82, 2.24) is 10.3 Å². The van der Waals surface area contributed by atoms with Gasteiger partial charge >= 0.3 is 5.97 Å². The van der Waals surface area contributed by atoms with Crippen molar-refractivity contribution in [2.45, 2.75) is 19.0 Å². The van der Waals surface area contributed by atoms with E-state index in [4.69, 9.17) is 21.4 Å². The molecule has 0 spiro atoms. The second kappa shape index (κ2) is 11.1. The van der Waals surface area contributed by atoms with Gasteiger partial charge in [-0.25, -0.2) is 4.79 Å². The van der Waals surface area contributed by atoms with E-state index in [0.717, 1.165) is 22.5 Å². The van der Waals surface area contributed by atoms with Crippen LogP contribution in [-0.2, 0) is 9.53 Å². The van der Waals surface area contributed by atoms with Gasteiger partial charge in [0, 0.05) is 30.2 Å². The lowest BCUT2D eigenvalue weighted by Gasteiger charge is -2.26. The second-order valence-corrected chi connectivity index (χ2v) is 9.45. The van der Waals surface area contributed by atoms with Gasteiger partial charge < -0.3 is 29.8 Å². The number of nitrogens with one attached hydrogen (secondary N) is 2. The Labute approximate surface area is 230 Å². The Bertz CT molecular complexity index is 1520. The fourth-order valence-corrected chi connectivity index (χ4v) is 5.03. The molecule has 0 bridgehead atoms. The Morgan fingerprint density at radius 1 is 1.13 bits per heavy atom. The van der Waals surface area contributed by atoms with Gasteiger partial charge in [-0.2, -0.15) is 0 Å². The first-order valence-electron chi connectivity index (χ1n) is 12.2. The third kappa shape index (κ3) is 5.38. The van der Waals surface area contributed by atoms with E-state index in [0.29, 0.717) is 22.3 Å². The molecule has 1 saturated heterocycles. The zero-order valence-electron chi connectivity index (χ0n) is 21.3. The quantitative estimate of drug-likeness (QED) is 0.261. The number of carbonyl (C=O) groups is 2. The zero-order valence-corrected chi connectivity index (χ0v) is 22.1. The predicted octanol–water partition coefficient (Wildman–Crippen LogP) is 5.11. The number of ether oxygens (including phenoxy) is 1. The van der Waals surface area contributed by atoms with Crippen molar-refractivity contribution in [3.05, 3.63) is 102 Å². The summed E-state index contributed by atoms with van der Waals surface area (Å²) in [6.07, 6.45) is 1.73. The summed E-state index contributed by atoms with van der Waals surface area (Å²) >= 11 is 5.78. The molecular weight excluding hydrogens is 516 g/mol. The highest BCUT2D eigenvalue weighted by Crippen LogP contribution is 2.43. The lowest BCUT2D eigenvalue weighted by molar-refractivity contribution is -0.119. The Kier molecular flexibility index (Phi) is 7.40. The molecule has 10 heteroatoms. The average molecular weight is 543 g/mol. The van der Waals surface area contributed by atoms with Gasteiger partial charge in [-0.15, -0.1) is 0 Å². The largest absolute Gasteiger partial charge is 0.478 e. The number of aryl methyl sites for hydroxylation is 1. The summed E-state index contributed by atoms with van der Waals surface area (Å²) < 4.78 is 11.3. The number of hydrogen-bond acceptors (Lipinski definition) is 6. The van der Waals surface area contributed by atoms with E-state index in [1.165, 1.54) is 7.11 Å². The number of furan rings is 1. The van der Waals surface area contributed by atoms with Crippen molar-refractivity contribution < 1.29 is 23.8 Å². The van der Waals surface area contributed by atoms with Crippen LogP contribution in [0.4, 0.5) is 11.4 Å². The fourth-order valence-electron chi connectivity index (χ4n) is 4.69. The van der Waals surface area contributed by atoms with E-state index < -0.39 is 5.97 Å². The molecule has 0 aliphatic carbocycles. The van der Waals surface area contributed by atoms with Crippen LogP contribution < -0.4 is 15.5 Å². The summed E-state index contributed by atoms with van der Waals surface area (Å²) in [5.41, 5.74) is 4.06. The molecule has 2 aromatic heterocycles. The van der Waals surface area contributed by atoms with Crippen LogP contribution in [0, 0.1) is 6.92 Å². The molecule has 0 unspecified atom stereocenters. The third-order valence-electron chi connectivity index (χ3n) is 6.46. The Hall–Kier alpha value is -4.54. The van der Waals surface area contributed by atoms with Crippen LogP contribution >= 0.6 is 12.2 Å². The lowest BCUT2D eigenvalue weighted by atomic mass is 10.0. The van der Waals surface area contributed by atoms with Gasteiger partial charge in [-0.1, -0.05) is 12.1 Å². The smallest absolute Gasteiger partial charge is 0.335 e. The van der Waals surface area contributed by atoms with Crippen LogP contribution in [0.2, 0.25) is 0 Å². The molecule has 198 valence electrons. The number of thiocarbonyl (C=S) groups is 1. The molecule has 9 nitrogen and oxygen atoms in total. The topological polar surface area (TPSA) is 117 Å². The Morgan fingerprint density at radius 2 is 1.92 bits per heavy atom. The number of carbonyl (C=O) groups excluding carboxylic acids is 1.